The molecule has 6 N–H and O–H groups in total. The van der Waals surface area contributed by atoms with Gasteiger partial charge in [0.05, 0.1) is 22.5 Å². The van der Waals surface area contributed by atoms with Crippen molar-refractivity contribution in [2.75, 3.05) is 23.9 Å². The quantitative estimate of drug-likeness (QED) is 0.270. The monoisotopic (exact) mass is 518 g/mol. The van der Waals surface area contributed by atoms with Gasteiger partial charge < -0.3 is 26.3 Å². The summed E-state index contributed by atoms with van der Waals surface area (Å²) < 4.78 is 12.2. The molecule has 0 saturated carbocycles. The molecule has 0 aliphatic carbocycles. The molecule has 11 heteroatoms. The van der Waals surface area contributed by atoms with E-state index in [9.17, 15) is 5.26 Å². The number of aromatic nitrogens is 1. The summed E-state index contributed by atoms with van der Waals surface area (Å²) >= 11 is 2.16. The molecule has 1 aliphatic heterocycles. The van der Waals surface area contributed by atoms with Crippen molar-refractivity contribution in [2.45, 2.75) is 26.0 Å². The highest BCUT2D eigenvalue weighted by atomic mass is 127. The first-order chi connectivity index (χ1) is 14.3. The second-order valence-electron chi connectivity index (χ2n) is 6.60. The molecule has 30 heavy (non-hydrogen) atoms. The van der Waals surface area contributed by atoms with Crippen molar-refractivity contribution in [1.29, 1.82) is 10.5 Å². The van der Waals surface area contributed by atoms with Crippen LogP contribution in [-0.4, -0.2) is 24.2 Å². The van der Waals surface area contributed by atoms with Crippen LogP contribution in [0.5, 0.6) is 11.5 Å². The molecule has 0 bridgehead atoms. The highest BCUT2D eigenvalue weighted by Crippen LogP contribution is 2.44. The Kier molecular flexibility index (Phi) is 6.03. The van der Waals surface area contributed by atoms with Crippen LogP contribution in [0.15, 0.2) is 17.1 Å². The number of pyridine rings is 1. The average molecular weight is 518 g/mol. The van der Waals surface area contributed by atoms with Crippen molar-refractivity contribution in [2.24, 2.45) is 4.99 Å². The van der Waals surface area contributed by atoms with Gasteiger partial charge >= 0.3 is 0 Å². The lowest BCUT2D eigenvalue weighted by Crippen LogP contribution is -2.32. The molecule has 0 fully saturated rings. The Morgan fingerprint density at radius 1 is 1.30 bits per heavy atom. The van der Waals surface area contributed by atoms with Crippen LogP contribution >= 0.6 is 22.6 Å². The van der Waals surface area contributed by atoms with Crippen LogP contribution in [0.1, 0.15) is 36.6 Å². The number of hydrogen-bond donors (Lipinski definition) is 4. The summed E-state index contributed by atoms with van der Waals surface area (Å²) in [5.41, 5.74) is 13.6. The third-order valence-electron chi connectivity index (χ3n) is 4.28. The average Bonchev–Trinajstić information content (AvgIpc) is 2.68. The fraction of sp³-hybridized carbons (Fsp3) is 0.263. The Hall–Kier alpha value is -3.45. The van der Waals surface area contributed by atoms with E-state index >= 15 is 0 Å². The number of nitrogens with two attached hydrogens (primary N) is 2. The number of aliphatic imine (C=N–C) groups is 1. The number of fused-ring (bicyclic) bond motifs is 1. The highest BCUT2D eigenvalue weighted by Gasteiger charge is 2.31. The van der Waals surface area contributed by atoms with E-state index in [0.717, 1.165) is 9.13 Å². The van der Waals surface area contributed by atoms with E-state index in [0.29, 0.717) is 22.9 Å². The fourth-order valence-corrected chi connectivity index (χ4v) is 3.82. The normalized spacial score (nSPS) is 14.6. The fourth-order valence-electron chi connectivity index (χ4n) is 3.07. The van der Waals surface area contributed by atoms with E-state index < -0.39 is 6.04 Å². The standard InChI is InChI=1S/C19H19IN8O2/c1-8(2)30-16-11(20)4-9(5-12(16)29-3)15-13-14(23)10(6-21)17(24)27-18(13)28-19(26-15)25-7-22/h4-5,8,15H,1-3H3,(H6,23,24,25,26,27,28). The smallest absolute Gasteiger partial charge is 0.211 e. The Morgan fingerprint density at radius 2 is 2.03 bits per heavy atom. The summed E-state index contributed by atoms with van der Waals surface area (Å²) in [6.07, 6.45) is 1.79. The first kappa shape index (κ1) is 21.3. The zero-order chi connectivity index (χ0) is 22.0. The van der Waals surface area contributed by atoms with Gasteiger partial charge in [0.15, 0.2) is 17.7 Å². The first-order valence-electron chi connectivity index (χ1n) is 8.83. The second-order valence-corrected chi connectivity index (χ2v) is 7.76. The molecule has 1 aliphatic rings. The summed E-state index contributed by atoms with van der Waals surface area (Å²) in [5, 5.41) is 23.8. The SMILES string of the molecule is COc1cc(C2N=C(NC#N)Nc3nc(N)c(C#N)c(N)c32)cc(I)c1OC(C)C. The van der Waals surface area contributed by atoms with Crippen LogP contribution in [0.25, 0.3) is 0 Å². The van der Waals surface area contributed by atoms with E-state index in [2.05, 4.69) is 43.2 Å². The van der Waals surface area contributed by atoms with Crippen LogP contribution < -0.4 is 31.6 Å². The van der Waals surface area contributed by atoms with Crippen molar-refractivity contribution in [3.05, 3.63) is 32.4 Å². The lowest BCUT2D eigenvalue weighted by molar-refractivity contribution is 0.228. The van der Waals surface area contributed by atoms with Crippen molar-refractivity contribution in [3.63, 3.8) is 0 Å². The number of nitrogens with one attached hydrogen (secondary N) is 2. The molecule has 0 radical (unpaired) electrons. The summed E-state index contributed by atoms with van der Waals surface area (Å²) in [7, 11) is 1.55. The Bertz CT molecular complexity index is 1120. The highest BCUT2D eigenvalue weighted by molar-refractivity contribution is 14.1. The number of halogens is 1. The van der Waals surface area contributed by atoms with Crippen LogP contribution in [0.2, 0.25) is 0 Å². The minimum Gasteiger partial charge on any atom is -0.493 e. The summed E-state index contributed by atoms with van der Waals surface area (Å²) in [6.45, 7) is 3.85. The molecule has 2 aromatic rings. The van der Waals surface area contributed by atoms with Gasteiger partial charge in [-0.2, -0.15) is 10.5 Å². The van der Waals surface area contributed by atoms with Crippen LogP contribution in [0.3, 0.4) is 0 Å². The van der Waals surface area contributed by atoms with E-state index in [-0.39, 0.29) is 29.1 Å². The van der Waals surface area contributed by atoms with E-state index in [1.165, 1.54) is 0 Å². The number of nitriles is 2. The second kappa shape index (κ2) is 8.51. The maximum atomic E-state index is 9.44. The van der Waals surface area contributed by atoms with Crippen molar-refractivity contribution >= 4 is 45.9 Å². The molecule has 0 saturated heterocycles. The van der Waals surface area contributed by atoms with Crippen molar-refractivity contribution < 1.29 is 9.47 Å². The van der Waals surface area contributed by atoms with E-state index in [1.807, 2.05) is 32.2 Å². The molecule has 0 amide bonds. The predicted molar refractivity (Wildman–Crippen MR) is 121 cm³/mol. The maximum absolute atomic E-state index is 9.44. The van der Waals surface area contributed by atoms with Crippen LogP contribution in [0, 0.1) is 26.4 Å². The molecule has 2 heterocycles. The molecular formula is C19H19IN8O2. The van der Waals surface area contributed by atoms with E-state index in [4.69, 9.17) is 26.2 Å². The number of nitrogens with zero attached hydrogens (tertiary/aromatic N) is 4. The van der Waals surface area contributed by atoms with Gasteiger partial charge in [-0.15, -0.1) is 0 Å². The zero-order valence-corrected chi connectivity index (χ0v) is 18.6. The Balaban J connectivity index is 2.24. The number of rotatable bonds is 4. The van der Waals surface area contributed by atoms with Gasteiger partial charge in [0.2, 0.25) is 5.96 Å². The van der Waals surface area contributed by atoms with Crippen LogP contribution in [0.4, 0.5) is 17.3 Å². The number of nitrogen functional groups attached to an aromatic ring is 2. The first-order valence-corrected chi connectivity index (χ1v) is 9.91. The lowest BCUT2D eigenvalue weighted by atomic mass is 9.95. The summed E-state index contributed by atoms with van der Waals surface area (Å²) in [4.78, 5) is 8.81. The minimum absolute atomic E-state index is 0.00829. The topological polar surface area (TPSA) is 167 Å². The van der Waals surface area contributed by atoms with Crippen LogP contribution in [-0.2, 0) is 0 Å². The third kappa shape index (κ3) is 3.84. The molecule has 10 nitrogen and oxygen atoms in total. The number of benzene rings is 1. The summed E-state index contributed by atoms with van der Waals surface area (Å²) in [5.74, 6) is 1.64. The maximum Gasteiger partial charge on any atom is 0.211 e. The van der Waals surface area contributed by atoms with Crippen molar-refractivity contribution in [3.8, 4) is 23.8 Å². The van der Waals surface area contributed by atoms with Gasteiger partial charge in [-0.1, -0.05) is 0 Å². The number of hydrogen-bond acceptors (Lipinski definition) is 10. The predicted octanol–water partition coefficient (Wildman–Crippen LogP) is 2.46. The molecular weight excluding hydrogens is 499 g/mol. The summed E-state index contributed by atoms with van der Waals surface area (Å²) in [6, 6.07) is 5.00. The number of methoxy groups -OCH3 is 1. The number of guanidine groups is 1. The van der Waals surface area contributed by atoms with Gasteiger partial charge in [0.25, 0.3) is 0 Å². The number of anilines is 3. The van der Waals surface area contributed by atoms with Gasteiger partial charge in [-0.05, 0) is 54.1 Å². The molecule has 1 atom stereocenters. The molecule has 0 spiro atoms. The third-order valence-corrected chi connectivity index (χ3v) is 5.08. The molecule has 1 aromatic carbocycles. The van der Waals surface area contributed by atoms with Gasteiger partial charge in [-0.25, -0.2) is 9.98 Å². The molecule has 3 rings (SSSR count). The van der Waals surface area contributed by atoms with Crippen molar-refractivity contribution in [1.82, 2.24) is 10.3 Å². The molecule has 1 aromatic heterocycles. The Labute approximate surface area is 187 Å². The molecule has 1 unspecified atom stereocenters. The Morgan fingerprint density at radius 3 is 2.63 bits per heavy atom. The molecule has 154 valence electrons. The lowest BCUT2D eigenvalue weighted by Gasteiger charge is -2.27. The number of ether oxygens (including phenoxy) is 2. The van der Waals surface area contributed by atoms with Gasteiger partial charge in [0, 0.05) is 5.56 Å². The van der Waals surface area contributed by atoms with Gasteiger partial charge in [-0.3, -0.25) is 5.32 Å². The zero-order valence-electron chi connectivity index (χ0n) is 16.4. The van der Waals surface area contributed by atoms with Gasteiger partial charge in [0.1, 0.15) is 29.3 Å². The largest absolute Gasteiger partial charge is 0.493 e. The minimum atomic E-state index is -0.659. The van der Waals surface area contributed by atoms with E-state index in [1.54, 1.807) is 13.2 Å².